The summed E-state index contributed by atoms with van der Waals surface area (Å²) in [6, 6.07) is 5.91. The number of guanidine groups is 1. The lowest BCUT2D eigenvalue weighted by Crippen LogP contribution is -2.41. The van der Waals surface area contributed by atoms with Crippen LogP contribution in [0.5, 0.6) is 0 Å². The smallest absolute Gasteiger partial charge is 0.191 e. The maximum absolute atomic E-state index is 4.28. The average molecular weight is 405 g/mol. The molecule has 0 atom stereocenters. The number of pyridine rings is 1. The fourth-order valence-corrected chi connectivity index (χ4v) is 1.97. The van der Waals surface area contributed by atoms with Crippen LogP contribution in [0.1, 0.15) is 26.0 Å². The third-order valence-electron chi connectivity index (χ3n) is 3.09. The Morgan fingerprint density at radius 3 is 2.62 bits per heavy atom. The van der Waals surface area contributed by atoms with E-state index in [4.69, 9.17) is 0 Å². The summed E-state index contributed by atoms with van der Waals surface area (Å²) in [6.07, 6.45) is 3.00. The number of halogens is 1. The molecule has 0 fully saturated rings. The average Bonchev–Trinajstić information content (AvgIpc) is 2.50. The van der Waals surface area contributed by atoms with Gasteiger partial charge < -0.3 is 15.5 Å². The van der Waals surface area contributed by atoms with Crippen LogP contribution in [0.25, 0.3) is 0 Å². The number of aliphatic imine (C=N–C) groups is 1. The molecule has 6 heteroatoms. The maximum atomic E-state index is 4.28. The van der Waals surface area contributed by atoms with Gasteiger partial charge in [0.15, 0.2) is 5.96 Å². The number of rotatable bonds is 8. The first-order chi connectivity index (χ1) is 9.80. The number of likely N-dealkylation sites (N-methyl/N-ethyl adjacent to an activating group) is 1. The van der Waals surface area contributed by atoms with Crippen LogP contribution in [-0.2, 0) is 6.54 Å². The Kier molecular flexibility index (Phi) is 12.3. The minimum Gasteiger partial charge on any atom is -0.355 e. The third-order valence-corrected chi connectivity index (χ3v) is 3.09. The normalized spacial score (nSPS) is 11.1. The number of nitrogens with zero attached hydrogens (tertiary/aromatic N) is 3. The zero-order valence-electron chi connectivity index (χ0n) is 13.3. The Labute approximate surface area is 145 Å². The zero-order chi connectivity index (χ0) is 14.6. The Morgan fingerprint density at radius 1 is 1.24 bits per heavy atom. The second-order valence-corrected chi connectivity index (χ2v) is 4.61. The van der Waals surface area contributed by atoms with Gasteiger partial charge in [0.25, 0.3) is 0 Å². The number of hydrogen-bond acceptors (Lipinski definition) is 3. The first-order valence-electron chi connectivity index (χ1n) is 7.36. The monoisotopic (exact) mass is 405 g/mol. The van der Waals surface area contributed by atoms with Crippen LogP contribution in [0.2, 0.25) is 0 Å². The van der Waals surface area contributed by atoms with E-state index in [0.717, 1.165) is 37.8 Å². The van der Waals surface area contributed by atoms with E-state index in [9.17, 15) is 0 Å². The molecule has 0 aliphatic carbocycles. The van der Waals surface area contributed by atoms with Crippen LogP contribution >= 0.6 is 24.0 Å². The lowest BCUT2D eigenvalue weighted by Gasteiger charge is -2.20. The number of hydrogen-bond donors (Lipinski definition) is 2. The van der Waals surface area contributed by atoms with Crippen molar-refractivity contribution < 1.29 is 0 Å². The van der Waals surface area contributed by atoms with Gasteiger partial charge in [0.2, 0.25) is 0 Å². The molecule has 1 aromatic rings. The van der Waals surface area contributed by atoms with Crippen LogP contribution in [0.3, 0.4) is 0 Å². The van der Waals surface area contributed by atoms with Gasteiger partial charge in [0, 0.05) is 26.3 Å². The van der Waals surface area contributed by atoms with E-state index in [0.29, 0.717) is 6.54 Å². The molecule has 0 bridgehead atoms. The topological polar surface area (TPSA) is 52.5 Å². The van der Waals surface area contributed by atoms with Crippen LogP contribution < -0.4 is 10.6 Å². The Bertz CT molecular complexity index is 383. The fourth-order valence-electron chi connectivity index (χ4n) is 1.97. The van der Waals surface area contributed by atoms with Gasteiger partial charge in [0.05, 0.1) is 12.2 Å². The molecule has 21 heavy (non-hydrogen) atoms. The Hall–Kier alpha value is -0.890. The standard InChI is InChI=1S/C15H27N5.HI/c1-4-11-20(5-2)12-10-18-15(16-3)19-13-14-8-6-7-9-17-14;/h6-9H,4-5,10-13H2,1-3H3,(H2,16,18,19);1H. The van der Waals surface area contributed by atoms with Crippen molar-refractivity contribution in [2.45, 2.75) is 26.8 Å². The zero-order valence-corrected chi connectivity index (χ0v) is 15.6. The summed E-state index contributed by atoms with van der Waals surface area (Å²) in [5, 5.41) is 6.60. The van der Waals surface area contributed by atoms with E-state index >= 15 is 0 Å². The van der Waals surface area contributed by atoms with E-state index in [2.05, 4.69) is 39.4 Å². The Balaban J connectivity index is 0.00000400. The second-order valence-electron chi connectivity index (χ2n) is 4.61. The minimum atomic E-state index is 0. The van der Waals surface area contributed by atoms with Crippen molar-refractivity contribution >= 4 is 29.9 Å². The fraction of sp³-hybridized carbons (Fsp3) is 0.600. The third kappa shape index (κ3) is 8.87. The summed E-state index contributed by atoms with van der Waals surface area (Å²) < 4.78 is 0. The van der Waals surface area contributed by atoms with Crippen molar-refractivity contribution in [3.8, 4) is 0 Å². The summed E-state index contributed by atoms with van der Waals surface area (Å²) in [5.41, 5.74) is 1.01. The van der Waals surface area contributed by atoms with E-state index in [1.165, 1.54) is 6.42 Å². The van der Waals surface area contributed by atoms with Crippen LogP contribution in [0.4, 0.5) is 0 Å². The molecule has 0 amide bonds. The van der Waals surface area contributed by atoms with Gasteiger partial charge in [-0.25, -0.2) is 0 Å². The highest BCUT2D eigenvalue weighted by atomic mass is 127. The molecule has 1 aromatic heterocycles. The SMILES string of the molecule is CCCN(CC)CCNC(=NC)NCc1ccccn1.I. The summed E-state index contributed by atoms with van der Waals surface area (Å²) in [5.74, 6) is 0.822. The first kappa shape index (κ1) is 20.1. The van der Waals surface area contributed by atoms with Crippen molar-refractivity contribution in [1.29, 1.82) is 0 Å². The summed E-state index contributed by atoms with van der Waals surface area (Å²) in [7, 11) is 1.79. The van der Waals surface area contributed by atoms with Crippen LogP contribution in [-0.4, -0.2) is 49.1 Å². The van der Waals surface area contributed by atoms with Crippen molar-refractivity contribution in [3.63, 3.8) is 0 Å². The molecule has 5 nitrogen and oxygen atoms in total. The number of aromatic nitrogens is 1. The molecule has 0 saturated heterocycles. The predicted molar refractivity (Wildman–Crippen MR) is 100 cm³/mol. The van der Waals surface area contributed by atoms with Crippen molar-refractivity contribution in [2.24, 2.45) is 4.99 Å². The molecular weight excluding hydrogens is 377 g/mol. The predicted octanol–water partition coefficient (Wildman–Crippen LogP) is 2.10. The first-order valence-corrected chi connectivity index (χ1v) is 7.36. The van der Waals surface area contributed by atoms with E-state index in [1.54, 1.807) is 13.2 Å². The maximum Gasteiger partial charge on any atom is 0.191 e. The summed E-state index contributed by atoms with van der Waals surface area (Å²) in [4.78, 5) is 10.9. The molecule has 120 valence electrons. The lowest BCUT2D eigenvalue weighted by molar-refractivity contribution is 0.293. The van der Waals surface area contributed by atoms with Gasteiger partial charge in [-0.05, 0) is 31.6 Å². The van der Waals surface area contributed by atoms with Crippen molar-refractivity contribution in [2.75, 3.05) is 33.2 Å². The van der Waals surface area contributed by atoms with Gasteiger partial charge in [-0.1, -0.05) is 19.9 Å². The Morgan fingerprint density at radius 2 is 2.05 bits per heavy atom. The molecule has 0 spiro atoms. The highest BCUT2D eigenvalue weighted by molar-refractivity contribution is 14.0. The molecule has 0 radical (unpaired) electrons. The second kappa shape index (κ2) is 12.8. The molecule has 0 saturated carbocycles. The highest BCUT2D eigenvalue weighted by Crippen LogP contribution is 1.92. The molecule has 2 N–H and O–H groups in total. The largest absolute Gasteiger partial charge is 0.355 e. The quantitative estimate of drug-likeness (QED) is 0.395. The van der Waals surface area contributed by atoms with Gasteiger partial charge >= 0.3 is 0 Å². The summed E-state index contributed by atoms with van der Waals surface area (Å²) >= 11 is 0. The molecular formula is C15H28IN5. The summed E-state index contributed by atoms with van der Waals surface area (Å²) in [6.45, 7) is 9.28. The molecule has 0 aliphatic rings. The molecule has 1 rings (SSSR count). The van der Waals surface area contributed by atoms with Crippen LogP contribution in [0, 0.1) is 0 Å². The van der Waals surface area contributed by atoms with Crippen LogP contribution in [0.15, 0.2) is 29.4 Å². The molecule has 0 unspecified atom stereocenters. The molecule has 0 aliphatic heterocycles. The van der Waals surface area contributed by atoms with Gasteiger partial charge in [-0.2, -0.15) is 0 Å². The number of nitrogens with one attached hydrogen (secondary N) is 2. The van der Waals surface area contributed by atoms with Crippen molar-refractivity contribution in [3.05, 3.63) is 30.1 Å². The van der Waals surface area contributed by atoms with Gasteiger partial charge in [-0.3, -0.25) is 9.98 Å². The van der Waals surface area contributed by atoms with E-state index in [1.807, 2.05) is 18.2 Å². The van der Waals surface area contributed by atoms with E-state index in [-0.39, 0.29) is 24.0 Å². The molecule has 1 heterocycles. The van der Waals surface area contributed by atoms with E-state index < -0.39 is 0 Å². The van der Waals surface area contributed by atoms with Gasteiger partial charge in [0.1, 0.15) is 0 Å². The van der Waals surface area contributed by atoms with Crippen molar-refractivity contribution in [1.82, 2.24) is 20.5 Å². The highest BCUT2D eigenvalue weighted by Gasteiger charge is 2.02. The lowest BCUT2D eigenvalue weighted by atomic mass is 10.3. The van der Waals surface area contributed by atoms with Gasteiger partial charge in [-0.15, -0.1) is 24.0 Å². The molecule has 0 aromatic carbocycles. The minimum absolute atomic E-state index is 0.